The van der Waals surface area contributed by atoms with E-state index in [1.165, 1.54) is 6.92 Å². The summed E-state index contributed by atoms with van der Waals surface area (Å²) in [5.41, 5.74) is -0.653. The van der Waals surface area contributed by atoms with Crippen LogP contribution in [0, 0.1) is 0 Å². The summed E-state index contributed by atoms with van der Waals surface area (Å²) < 4.78 is 5.16. The highest BCUT2D eigenvalue weighted by atomic mass is 16.7. The van der Waals surface area contributed by atoms with Crippen LogP contribution < -0.4 is 10.6 Å². The molecular formula is C18H23N3O6. The molecule has 0 unspecified atom stereocenters. The van der Waals surface area contributed by atoms with Crippen molar-refractivity contribution in [3.8, 4) is 0 Å². The minimum Gasteiger partial charge on any atom is -0.444 e. The minimum absolute atomic E-state index is 0.242. The van der Waals surface area contributed by atoms with E-state index in [9.17, 15) is 19.2 Å². The number of rotatable bonds is 4. The molecule has 1 aliphatic heterocycles. The molecule has 2 N–H and O–H groups in total. The summed E-state index contributed by atoms with van der Waals surface area (Å²) in [6.45, 7) is 8.18. The van der Waals surface area contributed by atoms with Crippen LogP contribution in [0.1, 0.15) is 45.7 Å². The number of benzene rings is 1. The predicted octanol–water partition coefficient (Wildman–Crippen LogP) is 1.96. The van der Waals surface area contributed by atoms with Gasteiger partial charge in [-0.25, -0.2) is 14.4 Å². The fourth-order valence-electron chi connectivity index (χ4n) is 2.46. The van der Waals surface area contributed by atoms with E-state index in [0.717, 1.165) is 12.5 Å². The Balaban J connectivity index is 2.06. The highest BCUT2D eigenvalue weighted by molar-refractivity contribution is 6.06. The third kappa shape index (κ3) is 4.75. The number of imide groups is 1. The van der Waals surface area contributed by atoms with Gasteiger partial charge in [-0.15, -0.1) is 0 Å². The van der Waals surface area contributed by atoms with Gasteiger partial charge in [-0.2, -0.15) is 0 Å². The molecule has 1 atom stereocenters. The van der Waals surface area contributed by atoms with Crippen LogP contribution in [0.2, 0.25) is 0 Å². The maximum atomic E-state index is 12.5. The standard InChI is InChI=1S/C18H23N3O6/c1-11(22)27-21-14(23)18(5,20-15(21)24)13-8-6-12(7-9-13)10-19-16(25)26-17(2,3)4/h6-9H,10H2,1-5H3,(H,19,25)(H,20,24)/t18-/m0/s1. The Hall–Kier alpha value is -3.10. The van der Waals surface area contributed by atoms with Crippen molar-refractivity contribution in [3.05, 3.63) is 35.4 Å². The van der Waals surface area contributed by atoms with Crippen molar-refractivity contribution in [1.82, 2.24) is 15.7 Å². The maximum Gasteiger partial charge on any atom is 0.407 e. The van der Waals surface area contributed by atoms with Gasteiger partial charge >= 0.3 is 18.1 Å². The van der Waals surface area contributed by atoms with Crippen molar-refractivity contribution in [3.63, 3.8) is 0 Å². The number of alkyl carbamates (subject to hydrolysis) is 1. The number of amides is 4. The van der Waals surface area contributed by atoms with Crippen molar-refractivity contribution in [2.24, 2.45) is 0 Å². The molecule has 1 saturated heterocycles. The largest absolute Gasteiger partial charge is 0.444 e. The zero-order valence-electron chi connectivity index (χ0n) is 15.9. The maximum absolute atomic E-state index is 12.5. The first-order valence-corrected chi connectivity index (χ1v) is 8.34. The lowest BCUT2D eigenvalue weighted by Gasteiger charge is -2.22. The lowest BCUT2D eigenvalue weighted by atomic mass is 9.91. The average molecular weight is 377 g/mol. The number of nitrogens with one attached hydrogen (secondary N) is 2. The number of urea groups is 1. The molecule has 1 heterocycles. The van der Waals surface area contributed by atoms with Gasteiger partial charge in [0.15, 0.2) is 0 Å². The molecule has 1 fully saturated rings. The van der Waals surface area contributed by atoms with Crippen molar-refractivity contribution >= 4 is 24.0 Å². The van der Waals surface area contributed by atoms with Crippen LogP contribution in [0.3, 0.4) is 0 Å². The first kappa shape index (κ1) is 20.2. The van der Waals surface area contributed by atoms with E-state index in [1.54, 1.807) is 45.0 Å². The first-order chi connectivity index (χ1) is 12.4. The molecule has 0 bridgehead atoms. The molecule has 1 aromatic carbocycles. The molecule has 0 spiro atoms. The quantitative estimate of drug-likeness (QED) is 0.775. The Morgan fingerprint density at radius 2 is 1.78 bits per heavy atom. The summed E-state index contributed by atoms with van der Waals surface area (Å²) in [6.07, 6.45) is -0.534. The Morgan fingerprint density at radius 3 is 2.30 bits per heavy atom. The Kier molecular flexibility index (Phi) is 5.43. The smallest absolute Gasteiger partial charge is 0.407 e. The van der Waals surface area contributed by atoms with Gasteiger partial charge in [0.25, 0.3) is 5.91 Å². The average Bonchev–Trinajstić information content (AvgIpc) is 2.76. The summed E-state index contributed by atoms with van der Waals surface area (Å²) in [6, 6.07) is 5.93. The van der Waals surface area contributed by atoms with Crippen LogP contribution in [0.15, 0.2) is 24.3 Å². The number of carbonyl (C=O) groups excluding carboxylic acids is 4. The number of carbonyl (C=O) groups is 4. The van der Waals surface area contributed by atoms with Crippen LogP contribution in [0.4, 0.5) is 9.59 Å². The molecule has 0 aromatic heterocycles. The normalized spacial score (nSPS) is 19.5. The molecule has 4 amide bonds. The summed E-state index contributed by atoms with van der Waals surface area (Å²) in [4.78, 5) is 51.8. The zero-order chi connectivity index (χ0) is 20.4. The third-order valence-corrected chi connectivity index (χ3v) is 3.74. The fourth-order valence-corrected chi connectivity index (χ4v) is 2.46. The summed E-state index contributed by atoms with van der Waals surface area (Å²) in [5.74, 6) is -1.46. The number of hydrogen-bond donors (Lipinski definition) is 2. The molecule has 0 saturated carbocycles. The predicted molar refractivity (Wildman–Crippen MR) is 94.0 cm³/mol. The second-order valence-corrected chi connectivity index (χ2v) is 7.29. The summed E-state index contributed by atoms with van der Waals surface area (Å²) in [7, 11) is 0. The molecule has 0 radical (unpaired) electrons. The van der Waals surface area contributed by atoms with Gasteiger partial charge in [0.1, 0.15) is 11.1 Å². The van der Waals surface area contributed by atoms with E-state index < -0.39 is 35.1 Å². The van der Waals surface area contributed by atoms with Crippen LogP contribution >= 0.6 is 0 Å². The third-order valence-electron chi connectivity index (χ3n) is 3.74. The molecule has 1 aromatic rings. The van der Waals surface area contributed by atoms with Crippen molar-refractivity contribution in [2.45, 2.75) is 52.3 Å². The summed E-state index contributed by atoms with van der Waals surface area (Å²) >= 11 is 0. The van der Waals surface area contributed by atoms with Gasteiger partial charge < -0.3 is 20.2 Å². The van der Waals surface area contributed by atoms with E-state index in [0.29, 0.717) is 10.6 Å². The van der Waals surface area contributed by atoms with Crippen molar-refractivity contribution < 1.29 is 28.8 Å². The number of hydroxylamine groups is 2. The molecule has 9 nitrogen and oxygen atoms in total. The van der Waals surface area contributed by atoms with Crippen LogP contribution in [-0.2, 0) is 31.2 Å². The number of ether oxygens (including phenoxy) is 1. The minimum atomic E-state index is -1.36. The molecule has 0 aliphatic carbocycles. The lowest BCUT2D eigenvalue weighted by molar-refractivity contribution is -0.182. The van der Waals surface area contributed by atoms with Gasteiger partial charge in [-0.05, 0) is 38.8 Å². The molecule has 1 aliphatic rings. The van der Waals surface area contributed by atoms with E-state index in [2.05, 4.69) is 15.5 Å². The molecule has 2 rings (SSSR count). The highest BCUT2D eigenvalue weighted by Crippen LogP contribution is 2.29. The molecule has 9 heteroatoms. The Morgan fingerprint density at radius 1 is 1.19 bits per heavy atom. The van der Waals surface area contributed by atoms with Gasteiger partial charge in [-0.3, -0.25) is 4.79 Å². The number of hydrogen-bond acceptors (Lipinski definition) is 6. The number of nitrogens with zero attached hydrogens (tertiary/aromatic N) is 1. The van der Waals surface area contributed by atoms with Gasteiger partial charge in [0.05, 0.1) is 0 Å². The Labute approximate surface area is 156 Å². The zero-order valence-corrected chi connectivity index (χ0v) is 15.9. The second kappa shape index (κ2) is 7.26. The monoisotopic (exact) mass is 377 g/mol. The van der Waals surface area contributed by atoms with E-state index in [-0.39, 0.29) is 6.54 Å². The Bertz CT molecular complexity index is 768. The van der Waals surface area contributed by atoms with E-state index in [1.807, 2.05) is 0 Å². The SMILES string of the molecule is CC(=O)ON1C(=O)N[C@@](C)(c2ccc(CNC(=O)OC(C)(C)C)cc2)C1=O. The lowest BCUT2D eigenvalue weighted by Crippen LogP contribution is -2.41. The second-order valence-electron chi connectivity index (χ2n) is 7.29. The van der Waals surface area contributed by atoms with Gasteiger partial charge in [0.2, 0.25) is 0 Å². The molecule has 146 valence electrons. The van der Waals surface area contributed by atoms with Crippen LogP contribution in [0.25, 0.3) is 0 Å². The van der Waals surface area contributed by atoms with Crippen LogP contribution in [0.5, 0.6) is 0 Å². The first-order valence-electron chi connectivity index (χ1n) is 8.34. The van der Waals surface area contributed by atoms with Gasteiger partial charge in [0, 0.05) is 13.5 Å². The van der Waals surface area contributed by atoms with E-state index >= 15 is 0 Å². The fraction of sp³-hybridized carbons (Fsp3) is 0.444. The van der Waals surface area contributed by atoms with Gasteiger partial charge in [-0.1, -0.05) is 29.3 Å². The molecular weight excluding hydrogens is 354 g/mol. The summed E-state index contributed by atoms with van der Waals surface area (Å²) in [5, 5.41) is 5.57. The highest BCUT2D eigenvalue weighted by Gasteiger charge is 2.51. The van der Waals surface area contributed by atoms with Crippen molar-refractivity contribution in [2.75, 3.05) is 0 Å². The molecule has 27 heavy (non-hydrogen) atoms. The van der Waals surface area contributed by atoms with Crippen molar-refractivity contribution in [1.29, 1.82) is 0 Å². The van der Waals surface area contributed by atoms with E-state index in [4.69, 9.17) is 4.74 Å². The topological polar surface area (TPSA) is 114 Å². The van der Waals surface area contributed by atoms with Crippen LogP contribution in [-0.4, -0.2) is 34.7 Å².